The van der Waals surface area contributed by atoms with Crippen LogP contribution in [0.2, 0.25) is 0 Å². The Hall–Kier alpha value is -0.0800. The predicted octanol–water partition coefficient (Wildman–Crippen LogP) is 1.23. The molecule has 2 heteroatoms. The lowest BCUT2D eigenvalue weighted by molar-refractivity contribution is 0.216. The Morgan fingerprint density at radius 2 is 2.00 bits per heavy atom. The smallest absolute Gasteiger partial charge is 0.00929 e. The largest absolute Gasteiger partial charge is 0.316 e. The van der Waals surface area contributed by atoms with Gasteiger partial charge < -0.3 is 10.6 Å². The molecule has 4 atom stereocenters. The fourth-order valence-corrected chi connectivity index (χ4v) is 2.41. The van der Waals surface area contributed by atoms with Crippen molar-refractivity contribution in [2.75, 3.05) is 19.6 Å². The van der Waals surface area contributed by atoms with E-state index in [2.05, 4.69) is 24.5 Å². The number of hydrogen-bond donors (Lipinski definition) is 2. The second kappa shape index (κ2) is 3.97. The van der Waals surface area contributed by atoms with Gasteiger partial charge in [0.25, 0.3) is 0 Å². The number of hydrogen-bond acceptors (Lipinski definition) is 2. The summed E-state index contributed by atoms with van der Waals surface area (Å²) in [6.07, 6.45) is 2.83. The van der Waals surface area contributed by atoms with Crippen LogP contribution in [0.15, 0.2) is 0 Å². The summed E-state index contributed by atoms with van der Waals surface area (Å²) in [5.74, 6) is 2.65. The minimum atomic E-state index is 0.827. The number of nitrogens with one attached hydrogen (secondary N) is 2. The van der Waals surface area contributed by atoms with Crippen molar-refractivity contribution in [2.24, 2.45) is 17.8 Å². The van der Waals surface area contributed by atoms with Crippen LogP contribution in [0.5, 0.6) is 0 Å². The molecule has 0 spiro atoms. The van der Waals surface area contributed by atoms with Crippen molar-refractivity contribution in [3.63, 3.8) is 0 Å². The highest BCUT2D eigenvalue weighted by atomic mass is 15.0. The van der Waals surface area contributed by atoms with Crippen LogP contribution in [0.1, 0.15) is 26.7 Å². The van der Waals surface area contributed by atoms with E-state index in [-0.39, 0.29) is 0 Å². The van der Waals surface area contributed by atoms with E-state index in [0.717, 1.165) is 23.8 Å². The summed E-state index contributed by atoms with van der Waals surface area (Å²) in [6.45, 7) is 8.37. The summed E-state index contributed by atoms with van der Waals surface area (Å²) in [4.78, 5) is 0. The van der Waals surface area contributed by atoms with Crippen LogP contribution in [-0.4, -0.2) is 25.7 Å². The van der Waals surface area contributed by atoms with Gasteiger partial charge in [-0.05, 0) is 50.2 Å². The third-order valence-electron chi connectivity index (χ3n) is 3.94. The first kappa shape index (κ1) is 9.47. The molecule has 2 rings (SSSR count). The van der Waals surface area contributed by atoms with E-state index < -0.39 is 0 Å². The van der Waals surface area contributed by atoms with Crippen molar-refractivity contribution < 1.29 is 0 Å². The molecule has 2 aliphatic rings. The zero-order chi connectivity index (χ0) is 9.26. The van der Waals surface area contributed by atoms with Crippen LogP contribution >= 0.6 is 0 Å². The highest BCUT2D eigenvalue weighted by molar-refractivity contribution is 4.86. The van der Waals surface area contributed by atoms with Gasteiger partial charge in [-0.3, -0.25) is 0 Å². The first-order valence-electron chi connectivity index (χ1n) is 5.71. The van der Waals surface area contributed by atoms with Gasteiger partial charge in [-0.2, -0.15) is 0 Å². The standard InChI is InChI=1S/C11H22N2/c1-8-3-4-11(8)13-7-10-6-12-5-9(10)2/h8-13H,3-7H2,1-2H3. The lowest BCUT2D eigenvalue weighted by atomic mass is 9.81. The van der Waals surface area contributed by atoms with E-state index >= 15 is 0 Å². The molecule has 1 aliphatic heterocycles. The number of rotatable bonds is 3. The maximum Gasteiger partial charge on any atom is 0.00929 e. The Bertz CT molecular complexity index is 169. The van der Waals surface area contributed by atoms with Gasteiger partial charge >= 0.3 is 0 Å². The van der Waals surface area contributed by atoms with Crippen LogP contribution in [0.3, 0.4) is 0 Å². The van der Waals surface area contributed by atoms with Crippen molar-refractivity contribution in [1.82, 2.24) is 10.6 Å². The summed E-state index contributed by atoms with van der Waals surface area (Å²) in [5.41, 5.74) is 0. The van der Waals surface area contributed by atoms with E-state index in [1.54, 1.807) is 0 Å². The molecule has 1 saturated heterocycles. The Balaban J connectivity index is 1.67. The van der Waals surface area contributed by atoms with Crippen LogP contribution in [0.4, 0.5) is 0 Å². The second-order valence-corrected chi connectivity index (χ2v) is 4.96. The lowest BCUT2D eigenvalue weighted by Gasteiger charge is -2.35. The molecule has 76 valence electrons. The van der Waals surface area contributed by atoms with E-state index in [0.29, 0.717) is 0 Å². The first-order chi connectivity index (χ1) is 6.27. The van der Waals surface area contributed by atoms with E-state index in [9.17, 15) is 0 Å². The fourth-order valence-electron chi connectivity index (χ4n) is 2.41. The molecule has 0 aromatic rings. The summed E-state index contributed by atoms with van der Waals surface area (Å²) in [6, 6.07) is 0.827. The molecule has 2 fully saturated rings. The SMILES string of the molecule is CC1CNCC1CNC1CCC1C. The Morgan fingerprint density at radius 1 is 1.15 bits per heavy atom. The second-order valence-electron chi connectivity index (χ2n) is 4.96. The van der Waals surface area contributed by atoms with Crippen molar-refractivity contribution >= 4 is 0 Å². The molecule has 0 bridgehead atoms. The zero-order valence-electron chi connectivity index (χ0n) is 8.84. The average Bonchev–Trinajstić information content (AvgIpc) is 2.50. The predicted molar refractivity (Wildman–Crippen MR) is 55.7 cm³/mol. The third-order valence-corrected chi connectivity index (χ3v) is 3.94. The van der Waals surface area contributed by atoms with Crippen LogP contribution in [-0.2, 0) is 0 Å². The summed E-state index contributed by atoms with van der Waals surface area (Å²) >= 11 is 0. The minimum Gasteiger partial charge on any atom is -0.316 e. The minimum absolute atomic E-state index is 0.827. The molecule has 1 heterocycles. The quantitative estimate of drug-likeness (QED) is 0.686. The molecule has 0 amide bonds. The van der Waals surface area contributed by atoms with Gasteiger partial charge in [0.2, 0.25) is 0 Å². The molecular formula is C11H22N2. The van der Waals surface area contributed by atoms with Crippen molar-refractivity contribution in [3.05, 3.63) is 0 Å². The highest BCUT2D eigenvalue weighted by Gasteiger charge is 2.28. The molecule has 4 unspecified atom stereocenters. The molecule has 0 radical (unpaired) electrons. The first-order valence-corrected chi connectivity index (χ1v) is 5.71. The van der Waals surface area contributed by atoms with Crippen molar-refractivity contribution in [2.45, 2.75) is 32.7 Å². The van der Waals surface area contributed by atoms with Gasteiger partial charge in [-0.25, -0.2) is 0 Å². The van der Waals surface area contributed by atoms with Gasteiger partial charge in [0.05, 0.1) is 0 Å². The highest BCUT2D eigenvalue weighted by Crippen LogP contribution is 2.27. The van der Waals surface area contributed by atoms with E-state index in [1.807, 2.05) is 0 Å². The average molecular weight is 182 g/mol. The van der Waals surface area contributed by atoms with Crippen molar-refractivity contribution in [3.8, 4) is 0 Å². The molecule has 0 aromatic heterocycles. The zero-order valence-corrected chi connectivity index (χ0v) is 8.84. The third kappa shape index (κ3) is 2.05. The maximum absolute atomic E-state index is 3.70. The van der Waals surface area contributed by atoms with Gasteiger partial charge in [0, 0.05) is 6.04 Å². The monoisotopic (exact) mass is 182 g/mol. The Morgan fingerprint density at radius 3 is 2.46 bits per heavy atom. The Kier molecular flexibility index (Phi) is 2.89. The summed E-state index contributed by atoms with van der Waals surface area (Å²) in [7, 11) is 0. The van der Waals surface area contributed by atoms with Crippen LogP contribution in [0.25, 0.3) is 0 Å². The van der Waals surface area contributed by atoms with Gasteiger partial charge in [-0.15, -0.1) is 0 Å². The van der Waals surface area contributed by atoms with Crippen LogP contribution < -0.4 is 10.6 Å². The molecule has 1 aliphatic carbocycles. The maximum atomic E-state index is 3.70. The normalized spacial score (nSPS) is 44.8. The molecule has 13 heavy (non-hydrogen) atoms. The molecule has 1 saturated carbocycles. The molecule has 2 N–H and O–H groups in total. The molecule has 2 nitrogen and oxygen atoms in total. The van der Waals surface area contributed by atoms with E-state index in [1.165, 1.54) is 32.5 Å². The van der Waals surface area contributed by atoms with Gasteiger partial charge in [-0.1, -0.05) is 13.8 Å². The topological polar surface area (TPSA) is 24.1 Å². The van der Waals surface area contributed by atoms with Crippen molar-refractivity contribution in [1.29, 1.82) is 0 Å². The van der Waals surface area contributed by atoms with E-state index in [4.69, 9.17) is 0 Å². The Labute approximate surface area is 81.5 Å². The molecular weight excluding hydrogens is 160 g/mol. The summed E-state index contributed by atoms with van der Waals surface area (Å²) < 4.78 is 0. The van der Waals surface area contributed by atoms with Crippen LogP contribution in [0, 0.1) is 17.8 Å². The lowest BCUT2D eigenvalue weighted by Crippen LogP contribution is -2.45. The van der Waals surface area contributed by atoms with Gasteiger partial charge in [0.1, 0.15) is 0 Å². The molecule has 0 aromatic carbocycles. The van der Waals surface area contributed by atoms with Gasteiger partial charge in [0.15, 0.2) is 0 Å². The summed E-state index contributed by atoms with van der Waals surface area (Å²) in [5, 5.41) is 7.15. The fraction of sp³-hybridized carbons (Fsp3) is 1.00.